The highest BCUT2D eigenvalue weighted by molar-refractivity contribution is 5.85. The van der Waals surface area contributed by atoms with Crippen molar-refractivity contribution in [3.05, 3.63) is 29.3 Å². The van der Waals surface area contributed by atoms with Crippen LogP contribution in [-0.4, -0.2) is 50.1 Å². The lowest BCUT2D eigenvalue weighted by Crippen LogP contribution is -2.41. The Hall–Kier alpha value is -1.01. The number of likely N-dealkylation sites (N-methyl/N-ethyl adjacent to an activating group) is 1. The Kier molecular flexibility index (Phi) is 7.81. The fourth-order valence-electron chi connectivity index (χ4n) is 4.71. The van der Waals surface area contributed by atoms with Gasteiger partial charge in [0.2, 0.25) is 5.91 Å². The lowest BCUT2D eigenvalue weighted by molar-refractivity contribution is -0.125. The molecule has 0 aromatic heterocycles. The van der Waals surface area contributed by atoms with E-state index in [0.29, 0.717) is 12.0 Å². The maximum absolute atomic E-state index is 12.8. The van der Waals surface area contributed by atoms with E-state index in [-0.39, 0.29) is 36.8 Å². The Labute approximate surface area is 174 Å². The first-order valence-electron chi connectivity index (χ1n) is 9.59. The number of piperidine rings is 1. The van der Waals surface area contributed by atoms with E-state index in [0.717, 1.165) is 56.8 Å². The van der Waals surface area contributed by atoms with E-state index >= 15 is 0 Å². The summed E-state index contributed by atoms with van der Waals surface area (Å²) in [6.07, 6.45) is 5.51. The van der Waals surface area contributed by atoms with Crippen LogP contribution in [0.15, 0.2) is 18.2 Å². The maximum atomic E-state index is 12.8. The molecule has 1 amide bonds. The van der Waals surface area contributed by atoms with Crippen molar-refractivity contribution in [3.8, 4) is 5.75 Å². The summed E-state index contributed by atoms with van der Waals surface area (Å²) >= 11 is 0. The minimum absolute atomic E-state index is 0. The first kappa shape index (κ1) is 22.3. The number of carbonyl (C=O) groups is 1. The zero-order valence-electron chi connectivity index (χ0n) is 16.0. The molecule has 5 nitrogen and oxygen atoms in total. The number of amides is 1. The fourth-order valence-corrected chi connectivity index (χ4v) is 4.71. The monoisotopic (exact) mass is 415 g/mol. The predicted molar refractivity (Wildman–Crippen MR) is 112 cm³/mol. The third kappa shape index (κ3) is 4.89. The lowest BCUT2D eigenvalue weighted by atomic mass is 9.77. The number of carbonyl (C=O) groups excluding carboxylic acids is 1. The van der Waals surface area contributed by atoms with Gasteiger partial charge in [0.25, 0.3) is 0 Å². The SMILES string of the molecule is CN1CC2(CCNCC2)CC1C(=O)NCc1ccc2c(c1)CCCO2.Cl.Cl. The second-order valence-electron chi connectivity index (χ2n) is 8.00. The van der Waals surface area contributed by atoms with Crippen LogP contribution < -0.4 is 15.4 Å². The Morgan fingerprint density at radius 3 is 2.89 bits per heavy atom. The molecule has 2 saturated heterocycles. The van der Waals surface area contributed by atoms with Crippen LogP contribution in [0.3, 0.4) is 0 Å². The molecule has 0 aliphatic carbocycles. The van der Waals surface area contributed by atoms with Crippen molar-refractivity contribution in [2.45, 2.75) is 44.7 Å². The number of benzene rings is 1. The van der Waals surface area contributed by atoms with Crippen molar-refractivity contribution in [1.29, 1.82) is 0 Å². The lowest BCUT2D eigenvalue weighted by Gasteiger charge is -2.33. The van der Waals surface area contributed by atoms with Gasteiger partial charge in [-0.15, -0.1) is 24.8 Å². The highest BCUT2D eigenvalue weighted by Crippen LogP contribution is 2.41. The van der Waals surface area contributed by atoms with Crippen molar-refractivity contribution in [1.82, 2.24) is 15.5 Å². The molecule has 1 unspecified atom stereocenters. The number of halogens is 2. The molecule has 4 rings (SSSR count). The quantitative estimate of drug-likeness (QED) is 0.796. The van der Waals surface area contributed by atoms with Crippen LogP contribution in [0, 0.1) is 5.41 Å². The van der Waals surface area contributed by atoms with E-state index in [1.54, 1.807) is 0 Å². The summed E-state index contributed by atoms with van der Waals surface area (Å²) in [6, 6.07) is 6.30. The van der Waals surface area contributed by atoms with Crippen LogP contribution >= 0.6 is 24.8 Å². The molecule has 0 bridgehead atoms. The molecular formula is C20H31Cl2N3O2. The Morgan fingerprint density at radius 1 is 1.33 bits per heavy atom. The molecule has 3 aliphatic heterocycles. The average molecular weight is 416 g/mol. The maximum Gasteiger partial charge on any atom is 0.237 e. The average Bonchev–Trinajstić information content (AvgIpc) is 2.96. The van der Waals surface area contributed by atoms with Crippen molar-refractivity contribution in [3.63, 3.8) is 0 Å². The molecule has 0 radical (unpaired) electrons. The third-order valence-corrected chi connectivity index (χ3v) is 6.15. The van der Waals surface area contributed by atoms with Gasteiger partial charge in [-0.05, 0) is 74.8 Å². The number of hydrogen-bond acceptors (Lipinski definition) is 4. The molecule has 3 heterocycles. The van der Waals surface area contributed by atoms with E-state index in [1.807, 2.05) is 6.07 Å². The summed E-state index contributed by atoms with van der Waals surface area (Å²) in [6.45, 7) is 4.63. The number of nitrogens with zero attached hydrogens (tertiary/aromatic N) is 1. The number of hydrogen-bond donors (Lipinski definition) is 2. The van der Waals surface area contributed by atoms with E-state index in [1.165, 1.54) is 18.4 Å². The molecule has 7 heteroatoms. The van der Waals surface area contributed by atoms with Crippen molar-refractivity contribution in [2.75, 3.05) is 33.3 Å². The minimum atomic E-state index is 0. The minimum Gasteiger partial charge on any atom is -0.493 e. The topological polar surface area (TPSA) is 53.6 Å². The zero-order chi connectivity index (χ0) is 17.3. The van der Waals surface area contributed by atoms with Crippen LogP contribution in [0.2, 0.25) is 0 Å². The number of ether oxygens (including phenoxy) is 1. The summed E-state index contributed by atoms with van der Waals surface area (Å²) < 4.78 is 5.66. The molecule has 1 aromatic rings. The third-order valence-electron chi connectivity index (χ3n) is 6.15. The van der Waals surface area contributed by atoms with Crippen molar-refractivity contribution < 1.29 is 9.53 Å². The van der Waals surface area contributed by atoms with E-state index in [2.05, 4.69) is 34.7 Å². The second kappa shape index (κ2) is 9.46. The van der Waals surface area contributed by atoms with Crippen LogP contribution in [0.4, 0.5) is 0 Å². The first-order valence-corrected chi connectivity index (χ1v) is 9.59. The van der Waals surface area contributed by atoms with E-state index in [9.17, 15) is 4.79 Å². The predicted octanol–water partition coefficient (Wildman–Crippen LogP) is 2.55. The fraction of sp³-hybridized carbons (Fsp3) is 0.650. The van der Waals surface area contributed by atoms with Gasteiger partial charge in [0.05, 0.1) is 12.6 Å². The zero-order valence-corrected chi connectivity index (χ0v) is 17.6. The Balaban J connectivity index is 0.00000131. The van der Waals surface area contributed by atoms with Gasteiger partial charge in [-0.25, -0.2) is 0 Å². The smallest absolute Gasteiger partial charge is 0.237 e. The van der Waals surface area contributed by atoms with E-state index < -0.39 is 0 Å². The van der Waals surface area contributed by atoms with Crippen LogP contribution in [0.1, 0.15) is 36.8 Å². The Bertz CT molecular complexity index is 650. The second-order valence-corrected chi connectivity index (χ2v) is 8.00. The van der Waals surface area contributed by atoms with Gasteiger partial charge in [0.1, 0.15) is 5.75 Å². The standard InChI is InChI=1S/C20H29N3O2.2ClH/c1-23-14-20(6-8-21-9-7-20)12-17(23)19(24)22-13-15-4-5-18-16(11-15)3-2-10-25-18;;/h4-5,11,17,21H,2-3,6-10,12-14H2,1H3,(H,22,24);2*1H. The van der Waals surface area contributed by atoms with Crippen LogP contribution in [0.25, 0.3) is 0 Å². The van der Waals surface area contributed by atoms with Gasteiger partial charge >= 0.3 is 0 Å². The summed E-state index contributed by atoms with van der Waals surface area (Å²) in [4.78, 5) is 15.0. The molecule has 2 N–H and O–H groups in total. The molecule has 1 aromatic carbocycles. The van der Waals surface area contributed by atoms with Gasteiger partial charge in [0.15, 0.2) is 0 Å². The number of likely N-dealkylation sites (tertiary alicyclic amines) is 1. The number of aryl methyl sites for hydroxylation is 1. The molecular weight excluding hydrogens is 385 g/mol. The summed E-state index contributed by atoms with van der Waals surface area (Å²) in [5, 5.41) is 6.60. The largest absolute Gasteiger partial charge is 0.493 e. The first-order chi connectivity index (χ1) is 12.2. The van der Waals surface area contributed by atoms with Gasteiger partial charge in [0, 0.05) is 13.1 Å². The molecule has 0 saturated carbocycles. The molecule has 1 atom stereocenters. The van der Waals surface area contributed by atoms with Crippen molar-refractivity contribution in [2.24, 2.45) is 5.41 Å². The van der Waals surface area contributed by atoms with Crippen molar-refractivity contribution >= 4 is 30.7 Å². The van der Waals surface area contributed by atoms with Crippen LogP contribution in [-0.2, 0) is 17.8 Å². The van der Waals surface area contributed by atoms with Gasteiger partial charge < -0.3 is 15.4 Å². The summed E-state index contributed by atoms with van der Waals surface area (Å²) in [5.74, 6) is 1.18. The highest BCUT2D eigenvalue weighted by atomic mass is 35.5. The molecule has 27 heavy (non-hydrogen) atoms. The normalized spacial score (nSPS) is 23.5. The summed E-state index contributed by atoms with van der Waals surface area (Å²) in [7, 11) is 2.09. The number of rotatable bonds is 3. The highest BCUT2D eigenvalue weighted by Gasteiger charge is 2.45. The van der Waals surface area contributed by atoms with Gasteiger partial charge in [-0.2, -0.15) is 0 Å². The van der Waals surface area contributed by atoms with Gasteiger partial charge in [-0.3, -0.25) is 9.69 Å². The molecule has 1 spiro atoms. The molecule has 3 aliphatic rings. The summed E-state index contributed by atoms with van der Waals surface area (Å²) in [5.41, 5.74) is 2.77. The number of nitrogens with one attached hydrogen (secondary N) is 2. The number of fused-ring (bicyclic) bond motifs is 1. The Morgan fingerprint density at radius 2 is 2.11 bits per heavy atom. The van der Waals surface area contributed by atoms with Crippen LogP contribution in [0.5, 0.6) is 5.75 Å². The molecule has 152 valence electrons. The van der Waals surface area contributed by atoms with Gasteiger partial charge in [-0.1, -0.05) is 12.1 Å². The van der Waals surface area contributed by atoms with E-state index in [4.69, 9.17) is 4.74 Å². The molecule has 2 fully saturated rings.